The van der Waals surface area contributed by atoms with E-state index in [0.717, 1.165) is 16.6 Å². The van der Waals surface area contributed by atoms with Gasteiger partial charge in [0.15, 0.2) is 5.90 Å². The van der Waals surface area contributed by atoms with Crippen molar-refractivity contribution in [2.24, 2.45) is 12.0 Å². The summed E-state index contributed by atoms with van der Waals surface area (Å²) in [5, 5.41) is 9.45. The van der Waals surface area contributed by atoms with Crippen LogP contribution in [0.3, 0.4) is 0 Å². The van der Waals surface area contributed by atoms with Crippen LogP contribution in [0.1, 0.15) is 12.0 Å². The highest BCUT2D eigenvalue weighted by Crippen LogP contribution is 2.21. The number of rotatable bonds is 1. The molecule has 0 spiro atoms. The van der Waals surface area contributed by atoms with Crippen LogP contribution in [0.5, 0.6) is 0 Å². The molecule has 1 aliphatic heterocycles. The molecule has 0 saturated heterocycles. The van der Waals surface area contributed by atoms with Gasteiger partial charge in [-0.2, -0.15) is 0 Å². The SMILES string of the molecule is Cc1cccc2c1n(C)c(=O)n2C1=CN=C(O)CC=C1. The van der Waals surface area contributed by atoms with Gasteiger partial charge in [-0.15, -0.1) is 0 Å². The van der Waals surface area contributed by atoms with Crippen molar-refractivity contribution in [1.29, 1.82) is 0 Å². The predicted octanol–water partition coefficient (Wildman–Crippen LogP) is 2.36. The van der Waals surface area contributed by atoms with Gasteiger partial charge in [-0.1, -0.05) is 18.2 Å². The predicted molar refractivity (Wildman–Crippen MR) is 80.0 cm³/mol. The van der Waals surface area contributed by atoms with Crippen molar-refractivity contribution in [3.05, 3.63) is 52.6 Å². The number of hydrogen-bond donors (Lipinski definition) is 1. The van der Waals surface area contributed by atoms with E-state index in [-0.39, 0.29) is 11.6 Å². The van der Waals surface area contributed by atoms with Gasteiger partial charge in [0.2, 0.25) is 0 Å². The van der Waals surface area contributed by atoms with Gasteiger partial charge < -0.3 is 5.11 Å². The molecule has 1 aromatic carbocycles. The smallest absolute Gasteiger partial charge is 0.333 e. The van der Waals surface area contributed by atoms with E-state index < -0.39 is 0 Å². The average molecular weight is 269 g/mol. The molecule has 102 valence electrons. The lowest BCUT2D eigenvalue weighted by Gasteiger charge is -2.03. The normalized spacial score (nSPS) is 15.1. The van der Waals surface area contributed by atoms with Gasteiger partial charge >= 0.3 is 5.69 Å². The van der Waals surface area contributed by atoms with Crippen molar-refractivity contribution in [2.45, 2.75) is 13.3 Å². The molecule has 0 radical (unpaired) electrons. The Balaban J connectivity index is 2.36. The van der Waals surface area contributed by atoms with Crippen LogP contribution in [-0.2, 0) is 7.05 Å². The number of nitrogens with zero attached hydrogens (tertiary/aromatic N) is 3. The largest absolute Gasteiger partial charge is 0.496 e. The van der Waals surface area contributed by atoms with E-state index >= 15 is 0 Å². The number of aliphatic hydroxyl groups is 1. The topological polar surface area (TPSA) is 59.5 Å². The fourth-order valence-electron chi connectivity index (χ4n) is 2.51. The Labute approximate surface area is 115 Å². The van der Waals surface area contributed by atoms with E-state index in [4.69, 9.17) is 0 Å². The standard InChI is InChI=1S/C15H15N3O2/c1-10-5-3-7-12-14(10)17(2)15(20)18(12)11-6-4-8-13(19)16-9-11/h3-7,9H,8H2,1-2H3,(H,16,19). The number of hydrogen-bond acceptors (Lipinski definition) is 2. The van der Waals surface area contributed by atoms with Crippen LogP contribution in [0.15, 0.2) is 46.3 Å². The first-order chi connectivity index (χ1) is 9.59. The van der Waals surface area contributed by atoms with E-state index in [0.29, 0.717) is 12.1 Å². The van der Waals surface area contributed by atoms with Gasteiger partial charge in [0.1, 0.15) is 0 Å². The van der Waals surface area contributed by atoms with Gasteiger partial charge in [-0.25, -0.2) is 9.79 Å². The Morgan fingerprint density at radius 2 is 2.15 bits per heavy atom. The first-order valence-corrected chi connectivity index (χ1v) is 6.39. The van der Waals surface area contributed by atoms with Gasteiger partial charge in [0.05, 0.1) is 22.9 Å². The Bertz CT molecular complexity index is 835. The molecule has 1 aliphatic rings. The van der Waals surface area contributed by atoms with Crippen molar-refractivity contribution in [1.82, 2.24) is 9.13 Å². The van der Waals surface area contributed by atoms with Crippen LogP contribution >= 0.6 is 0 Å². The zero-order valence-electron chi connectivity index (χ0n) is 11.4. The molecule has 1 aromatic heterocycles. The summed E-state index contributed by atoms with van der Waals surface area (Å²) in [6, 6.07) is 5.82. The maximum absolute atomic E-state index is 12.5. The van der Waals surface area contributed by atoms with E-state index in [9.17, 15) is 9.90 Å². The fourth-order valence-corrected chi connectivity index (χ4v) is 2.51. The van der Waals surface area contributed by atoms with Crippen LogP contribution in [0.25, 0.3) is 16.7 Å². The quantitative estimate of drug-likeness (QED) is 0.864. The minimum atomic E-state index is -0.123. The van der Waals surface area contributed by atoms with Crippen LogP contribution in [0, 0.1) is 6.92 Å². The maximum atomic E-state index is 12.5. The average Bonchev–Trinajstić information content (AvgIpc) is 2.57. The zero-order chi connectivity index (χ0) is 14.3. The molecular weight excluding hydrogens is 254 g/mol. The Morgan fingerprint density at radius 3 is 2.95 bits per heavy atom. The lowest BCUT2D eigenvalue weighted by atomic mass is 10.2. The van der Waals surface area contributed by atoms with Gasteiger partial charge in [-0.05, 0) is 24.6 Å². The van der Waals surface area contributed by atoms with Gasteiger partial charge in [0.25, 0.3) is 0 Å². The van der Waals surface area contributed by atoms with Crippen molar-refractivity contribution in [2.75, 3.05) is 0 Å². The summed E-state index contributed by atoms with van der Waals surface area (Å²) in [5.41, 5.74) is 3.32. The highest BCUT2D eigenvalue weighted by Gasteiger charge is 2.14. The van der Waals surface area contributed by atoms with Crippen LogP contribution < -0.4 is 5.69 Å². The third-order valence-electron chi connectivity index (χ3n) is 3.46. The minimum Gasteiger partial charge on any atom is -0.496 e. The summed E-state index contributed by atoms with van der Waals surface area (Å²) in [6.45, 7) is 1.98. The van der Waals surface area contributed by atoms with E-state index in [2.05, 4.69) is 4.99 Å². The first kappa shape index (κ1) is 12.5. The second kappa shape index (κ2) is 4.52. The molecule has 5 heteroatoms. The van der Waals surface area contributed by atoms with Gasteiger partial charge in [-0.3, -0.25) is 9.13 Å². The number of aromatic nitrogens is 2. The molecule has 1 N–H and O–H groups in total. The van der Waals surface area contributed by atoms with Gasteiger partial charge in [0, 0.05) is 13.5 Å². The molecule has 0 amide bonds. The van der Waals surface area contributed by atoms with E-state index in [1.165, 1.54) is 6.20 Å². The molecule has 3 rings (SSSR count). The van der Waals surface area contributed by atoms with E-state index in [1.807, 2.05) is 25.1 Å². The molecule has 2 aromatic rings. The summed E-state index contributed by atoms with van der Waals surface area (Å²) >= 11 is 0. The molecular formula is C15H15N3O2. The molecule has 0 fully saturated rings. The zero-order valence-corrected chi connectivity index (χ0v) is 11.4. The van der Waals surface area contributed by atoms with E-state index in [1.54, 1.807) is 28.3 Å². The van der Waals surface area contributed by atoms with Crippen LogP contribution in [0.2, 0.25) is 0 Å². The van der Waals surface area contributed by atoms with Crippen LogP contribution in [0.4, 0.5) is 0 Å². The number of benzene rings is 1. The molecule has 2 heterocycles. The monoisotopic (exact) mass is 269 g/mol. The second-order valence-electron chi connectivity index (χ2n) is 4.83. The summed E-state index contributed by atoms with van der Waals surface area (Å²) in [7, 11) is 1.76. The molecule has 0 bridgehead atoms. The molecule has 0 unspecified atom stereocenters. The first-order valence-electron chi connectivity index (χ1n) is 6.39. The highest BCUT2D eigenvalue weighted by atomic mass is 16.3. The fraction of sp³-hybridized carbons (Fsp3) is 0.200. The Morgan fingerprint density at radius 1 is 1.35 bits per heavy atom. The number of para-hydroxylation sites is 1. The summed E-state index contributed by atoms with van der Waals surface area (Å²) in [5.74, 6) is 0.0423. The highest BCUT2D eigenvalue weighted by molar-refractivity contribution is 5.85. The molecule has 20 heavy (non-hydrogen) atoms. The van der Waals surface area contributed by atoms with Crippen molar-refractivity contribution < 1.29 is 5.11 Å². The maximum Gasteiger partial charge on any atom is 0.333 e. The number of imidazole rings is 1. The number of aryl methyl sites for hydroxylation is 2. The van der Waals surface area contributed by atoms with Crippen molar-refractivity contribution in [3.8, 4) is 0 Å². The third-order valence-corrected chi connectivity index (χ3v) is 3.46. The van der Waals surface area contributed by atoms with Crippen molar-refractivity contribution >= 4 is 22.6 Å². The molecule has 0 aliphatic carbocycles. The summed E-state index contributed by atoms with van der Waals surface area (Å²) < 4.78 is 3.24. The lowest BCUT2D eigenvalue weighted by molar-refractivity contribution is 0.540. The van der Waals surface area contributed by atoms with Crippen LogP contribution in [-0.4, -0.2) is 20.1 Å². The second-order valence-corrected chi connectivity index (χ2v) is 4.83. The molecule has 0 saturated carbocycles. The third kappa shape index (κ3) is 1.79. The molecule has 0 atom stereocenters. The Kier molecular flexibility index (Phi) is 2.82. The lowest BCUT2D eigenvalue weighted by Crippen LogP contribution is -2.21. The summed E-state index contributed by atoms with van der Waals surface area (Å²) in [4.78, 5) is 16.4. The molecule has 5 nitrogen and oxygen atoms in total. The number of fused-ring (bicyclic) bond motifs is 1. The summed E-state index contributed by atoms with van der Waals surface area (Å²) in [6.07, 6.45) is 5.48. The van der Waals surface area contributed by atoms with Crippen molar-refractivity contribution in [3.63, 3.8) is 0 Å². The Hall–Kier alpha value is -2.56. The number of aliphatic hydroxyl groups excluding tert-OH is 1. The number of allylic oxidation sites excluding steroid dienone is 2. The minimum absolute atomic E-state index is 0.0423. The number of aliphatic imine (C=N–C) groups is 1.